The fourth-order valence-corrected chi connectivity index (χ4v) is 1.85. The minimum absolute atomic E-state index is 0.138. The van der Waals surface area contributed by atoms with Crippen LogP contribution in [-0.2, 0) is 9.63 Å². The molecule has 120 valence electrons. The van der Waals surface area contributed by atoms with Gasteiger partial charge in [-0.25, -0.2) is 9.97 Å². The Balaban J connectivity index is 2.61. The summed E-state index contributed by atoms with van der Waals surface area (Å²) in [5.74, 6) is 0.703. The molecule has 1 unspecified atom stereocenters. The highest BCUT2D eigenvalue weighted by molar-refractivity contribution is 5.52. The number of amides is 1. The minimum atomic E-state index is 0.138. The number of carbonyl (C=O) groups is 1. The van der Waals surface area contributed by atoms with Crippen LogP contribution in [0.5, 0.6) is 0 Å². The van der Waals surface area contributed by atoms with Gasteiger partial charge >= 0.3 is 0 Å². The van der Waals surface area contributed by atoms with Gasteiger partial charge in [0.25, 0.3) is 0 Å². The molecule has 0 aliphatic heterocycles. The van der Waals surface area contributed by atoms with Crippen LogP contribution in [0.25, 0.3) is 6.08 Å². The van der Waals surface area contributed by atoms with E-state index in [-0.39, 0.29) is 6.04 Å². The number of nitrogens with one attached hydrogen (secondary N) is 1. The molecule has 0 fully saturated rings. The van der Waals surface area contributed by atoms with Crippen molar-refractivity contribution in [1.29, 1.82) is 0 Å². The topological polar surface area (TPSA) is 79.7 Å². The van der Waals surface area contributed by atoms with Crippen molar-refractivity contribution in [1.82, 2.24) is 14.9 Å². The molecule has 0 aliphatic rings. The van der Waals surface area contributed by atoms with E-state index in [0.29, 0.717) is 18.1 Å². The number of rotatable bonds is 10. The van der Waals surface area contributed by atoms with Crippen molar-refractivity contribution in [3.63, 3.8) is 0 Å². The van der Waals surface area contributed by atoms with Gasteiger partial charge < -0.3 is 15.1 Å². The van der Waals surface area contributed by atoms with Gasteiger partial charge in [-0.2, -0.15) is 0 Å². The molecule has 7 heteroatoms. The fraction of sp³-hybridized carbons (Fsp3) is 0.467. The van der Waals surface area contributed by atoms with E-state index >= 15 is 0 Å². The Morgan fingerprint density at radius 3 is 3.00 bits per heavy atom. The van der Waals surface area contributed by atoms with E-state index in [9.17, 15) is 4.79 Å². The molecule has 22 heavy (non-hydrogen) atoms. The lowest BCUT2D eigenvalue weighted by atomic mass is 10.1. The molecule has 0 aliphatic carbocycles. The monoisotopic (exact) mass is 305 g/mol. The van der Waals surface area contributed by atoms with Gasteiger partial charge in [-0.05, 0) is 13.3 Å². The highest BCUT2D eigenvalue weighted by Gasteiger charge is 2.12. The molecule has 1 aromatic rings. The van der Waals surface area contributed by atoms with Crippen LogP contribution < -0.4 is 5.32 Å². The Labute approximate surface area is 131 Å². The van der Waals surface area contributed by atoms with Crippen molar-refractivity contribution in [2.75, 3.05) is 18.9 Å². The SMILES string of the molecule is C/C=N/O/C=C/c1cc(NCC(CCC)N(C)C=O)ncn1. The summed E-state index contributed by atoms with van der Waals surface area (Å²) in [6.45, 7) is 4.50. The predicted molar refractivity (Wildman–Crippen MR) is 87.3 cm³/mol. The van der Waals surface area contributed by atoms with Gasteiger partial charge in [0.1, 0.15) is 18.4 Å². The summed E-state index contributed by atoms with van der Waals surface area (Å²) in [6, 6.07) is 1.94. The fourth-order valence-electron chi connectivity index (χ4n) is 1.85. The lowest BCUT2D eigenvalue weighted by Crippen LogP contribution is -2.36. The van der Waals surface area contributed by atoms with Crippen molar-refractivity contribution in [2.24, 2.45) is 5.16 Å². The van der Waals surface area contributed by atoms with E-state index < -0.39 is 0 Å². The Morgan fingerprint density at radius 2 is 2.32 bits per heavy atom. The van der Waals surface area contributed by atoms with E-state index in [0.717, 1.165) is 19.3 Å². The maximum Gasteiger partial charge on any atom is 0.209 e. The zero-order valence-corrected chi connectivity index (χ0v) is 13.3. The van der Waals surface area contributed by atoms with Crippen molar-refractivity contribution < 1.29 is 9.63 Å². The third-order valence-electron chi connectivity index (χ3n) is 3.04. The first-order valence-corrected chi connectivity index (χ1v) is 7.24. The number of carbonyl (C=O) groups excluding carboxylic acids is 1. The Hall–Kier alpha value is -2.44. The molecule has 0 spiro atoms. The van der Waals surface area contributed by atoms with E-state index in [1.54, 1.807) is 37.2 Å². The van der Waals surface area contributed by atoms with Crippen molar-refractivity contribution >= 4 is 24.5 Å². The predicted octanol–water partition coefficient (Wildman–Crippen LogP) is 2.14. The number of hydrogen-bond acceptors (Lipinski definition) is 6. The number of aromatic nitrogens is 2. The van der Waals surface area contributed by atoms with E-state index in [1.807, 2.05) is 0 Å². The number of nitrogens with zero attached hydrogens (tertiary/aromatic N) is 4. The summed E-state index contributed by atoms with van der Waals surface area (Å²) < 4.78 is 0. The highest BCUT2D eigenvalue weighted by atomic mass is 16.6. The Bertz CT molecular complexity index is 504. The lowest BCUT2D eigenvalue weighted by Gasteiger charge is -2.24. The number of oxime groups is 1. The van der Waals surface area contributed by atoms with Crippen LogP contribution in [0.15, 0.2) is 23.8 Å². The van der Waals surface area contributed by atoms with Crippen LogP contribution in [0.2, 0.25) is 0 Å². The molecule has 1 rings (SSSR count). The first-order valence-electron chi connectivity index (χ1n) is 7.24. The average Bonchev–Trinajstić information content (AvgIpc) is 2.55. The van der Waals surface area contributed by atoms with Crippen LogP contribution in [0.1, 0.15) is 32.4 Å². The third kappa shape index (κ3) is 6.34. The largest absolute Gasteiger partial charge is 0.368 e. The van der Waals surface area contributed by atoms with Gasteiger partial charge in [0.05, 0.1) is 5.69 Å². The molecule has 1 atom stereocenters. The van der Waals surface area contributed by atoms with Crippen LogP contribution in [-0.4, -0.2) is 47.1 Å². The molecule has 0 aromatic carbocycles. The lowest BCUT2D eigenvalue weighted by molar-refractivity contribution is -0.118. The van der Waals surface area contributed by atoms with Crippen molar-refractivity contribution in [3.05, 3.63) is 24.3 Å². The summed E-state index contributed by atoms with van der Waals surface area (Å²) in [5.41, 5.74) is 0.708. The quantitative estimate of drug-likeness (QED) is 0.310. The van der Waals surface area contributed by atoms with Gasteiger partial charge in [-0.3, -0.25) is 4.79 Å². The molecule has 0 saturated carbocycles. The van der Waals surface area contributed by atoms with E-state index in [4.69, 9.17) is 4.84 Å². The maximum atomic E-state index is 10.9. The number of anilines is 1. The Kier molecular flexibility index (Phi) is 8.25. The van der Waals surface area contributed by atoms with Gasteiger partial charge in [0.2, 0.25) is 6.41 Å². The van der Waals surface area contributed by atoms with E-state index in [1.165, 1.54) is 12.6 Å². The molecular weight excluding hydrogens is 282 g/mol. The van der Waals surface area contributed by atoms with E-state index in [2.05, 4.69) is 27.4 Å². The van der Waals surface area contributed by atoms with Gasteiger partial charge in [-0.15, -0.1) is 0 Å². The minimum Gasteiger partial charge on any atom is -0.368 e. The first kappa shape index (κ1) is 17.6. The summed E-state index contributed by atoms with van der Waals surface area (Å²) in [6.07, 6.45) is 8.97. The second-order valence-corrected chi connectivity index (χ2v) is 4.69. The molecule has 7 nitrogen and oxygen atoms in total. The molecule has 0 bridgehead atoms. The van der Waals surface area contributed by atoms with Crippen LogP contribution in [0.3, 0.4) is 0 Å². The average molecular weight is 305 g/mol. The highest BCUT2D eigenvalue weighted by Crippen LogP contribution is 2.09. The van der Waals surface area contributed by atoms with Crippen molar-refractivity contribution in [2.45, 2.75) is 32.7 Å². The molecule has 0 radical (unpaired) electrons. The molecule has 1 amide bonds. The molecular formula is C15H23N5O2. The summed E-state index contributed by atoms with van der Waals surface area (Å²) >= 11 is 0. The maximum absolute atomic E-state index is 10.9. The van der Waals surface area contributed by atoms with Gasteiger partial charge in [-0.1, -0.05) is 18.5 Å². The summed E-state index contributed by atoms with van der Waals surface area (Å²) in [4.78, 5) is 25.7. The van der Waals surface area contributed by atoms with Crippen LogP contribution in [0.4, 0.5) is 5.82 Å². The number of hydrogen-bond donors (Lipinski definition) is 1. The number of likely N-dealkylation sites (N-methyl/N-ethyl adjacent to an activating group) is 1. The molecule has 1 aromatic heterocycles. The van der Waals surface area contributed by atoms with Crippen LogP contribution >= 0.6 is 0 Å². The normalized spacial score (nSPS) is 12.5. The second kappa shape index (κ2) is 10.3. The third-order valence-corrected chi connectivity index (χ3v) is 3.04. The first-order chi connectivity index (χ1) is 10.7. The van der Waals surface area contributed by atoms with Crippen LogP contribution in [0, 0.1) is 0 Å². The molecule has 0 saturated heterocycles. The van der Waals surface area contributed by atoms with Gasteiger partial charge in [0, 0.05) is 38.0 Å². The Morgan fingerprint density at radius 1 is 1.50 bits per heavy atom. The van der Waals surface area contributed by atoms with Gasteiger partial charge in [0.15, 0.2) is 0 Å². The van der Waals surface area contributed by atoms with Crippen molar-refractivity contribution in [3.8, 4) is 0 Å². The second-order valence-electron chi connectivity index (χ2n) is 4.69. The summed E-state index contributed by atoms with van der Waals surface area (Å²) in [7, 11) is 1.79. The zero-order chi connectivity index (χ0) is 16.2. The standard InChI is InChI=1S/C15H23N5O2/c1-4-6-14(20(3)12-21)10-16-15-9-13(17-11-18-15)7-8-22-19-5-2/h5,7-9,11-12,14H,4,6,10H2,1-3H3,(H,16,17,18)/b8-7+,19-5+. The zero-order valence-electron chi connectivity index (χ0n) is 13.3. The smallest absolute Gasteiger partial charge is 0.209 e. The molecule has 1 N–H and O–H groups in total. The summed E-state index contributed by atoms with van der Waals surface area (Å²) in [5, 5.41) is 6.84. The molecule has 1 heterocycles.